The van der Waals surface area contributed by atoms with Gasteiger partial charge in [0, 0.05) is 23.2 Å². The zero-order valence-electron chi connectivity index (χ0n) is 10.9. The Labute approximate surface area is 117 Å². The predicted molar refractivity (Wildman–Crippen MR) is 75.5 cm³/mol. The van der Waals surface area contributed by atoms with E-state index in [1.165, 1.54) is 0 Å². The van der Waals surface area contributed by atoms with E-state index in [1.54, 1.807) is 29.2 Å². The predicted octanol–water partition coefficient (Wildman–Crippen LogP) is 3.32. The molecule has 2 rings (SSSR count). The number of ketones is 1. The maximum Gasteiger partial charge on any atom is 0.322 e. The van der Waals surface area contributed by atoms with Gasteiger partial charge in [-0.15, -0.1) is 0 Å². The van der Waals surface area contributed by atoms with E-state index in [9.17, 15) is 9.59 Å². The third-order valence-electron chi connectivity index (χ3n) is 3.23. The molecule has 5 heteroatoms. The van der Waals surface area contributed by atoms with Gasteiger partial charge < -0.3 is 10.2 Å². The zero-order valence-corrected chi connectivity index (χ0v) is 11.6. The number of nitrogens with one attached hydrogen (secondary N) is 1. The van der Waals surface area contributed by atoms with Crippen LogP contribution in [0.5, 0.6) is 0 Å². The second-order valence-corrected chi connectivity index (χ2v) is 5.19. The lowest BCUT2D eigenvalue weighted by atomic mass is 10.1. The molecule has 0 saturated carbocycles. The lowest BCUT2D eigenvalue weighted by molar-refractivity contribution is -0.116. The summed E-state index contributed by atoms with van der Waals surface area (Å²) < 4.78 is 0. The minimum absolute atomic E-state index is 0.0322. The van der Waals surface area contributed by atoms with Gasteiger partial charge in [0.25, 0.3) is 0 Å². The van der Waals surface area contributed by atoms with Gasteiger partial charge in [-0.1, -0.05) is 24.9 Å². The molecular weight excluding hydrogens is 264 g/mol. The number of Topliss-reactive ketones (excluding diaryl/α,β-unsaturated/α-hetero) is 1. The van der Waals surface area contributed by atoms with Crippen molar-refractivity contribution in [1.29, 1.82) is 0 Å². The fourth-order valence-electron chi connectivity index (χ4n) is 2.31. The van der Waals surface area contributed by atoms with Crippen molar-refractivity contribution < 1.29 is 9.59 Å². The third kappa shape index (κ3) is 3.47. The van der Waals surface area contributed by atoms with Gasteiger partial charge in [0.15, 0.2) is 5.78 Å². The number of amides is 2. The van der Waals surface area contributed by atoms with Crippen molar-refractivity contribution in [3.63, 3.8) is 0 Å². The van der Waals surface area contributed by atoms with Crippen LogP contribution in [0.15, 0.2) is 24.3 Å². The van der Waals surface area contributed by atoms with Crippen molar-refractivity contribution in [2.75, 3.05) is 11.9 Å². The van der Waals surface area contributed by atoms with Gasteiger partial charge in [-0.2, -0.15) is 0 Å². The maximum absolute atomic E-state index is 12.2. The topological polar surface area (TPSA) is 49.4 Å². The number of halogens is 1. The number of carbonyl (C=O) groups excluding carboxylic acids is 2. The quantitative estimate of drug-likeness (QED) is 0.923. The molecule has 1 aliphatic rings. The van der Waals surface area contributed by atoms with E-state index in [0.29, 0.717) is 17.1 Å². The highest BCUT2D eigenvalue weighted by Crippen LogP contribution is 2.21. The SMILES string of the molecule is CCCC1CC(=O)CN1C(=O)Nc1ccc(Cl)cc1. The number of nitrogens with zero attached hydrogens (tertiary/aromatic N) is 1. The van der Waals surface area contributed by atoms with Crippen LogP contribution in [0.1, 0.15) is 26.2 Å². The first-order chi connectivity index (χ1) is 9.10. The summed E-state index contributed by atoms with van der Waals surface area (Å²) >= 11 is 5.79. The molecule has 1 heterocycles. The summed E-state index contributed by atoms with van der Waals surface area (Å²) in [4.78, 5) is 25.3. The third-order valence-corrected chi connectivity index (χ3v) is 3.48. The molecule has 1 aliphatic heterocycles. The van der Waals surface area contributed by atoms with Gasteiger partial charge in [0.05, 0.1) is 6.54 Å². The van der Waals surface area contributed by atoms with Crippen molar-refractivity contribution in [1.82, 2.24) is 4.90 Å². The first-order valence-corrected chi connectivity index (χ1v) is 6.83. The van der Waals surface area contributed by atoms with Crippen LogP contribution in [-0.2, 0) is 4.79 Å². The number of hydrogen-bond donors (Lipinski definition) is 1. The molecule has 102 valence electrons. The van der Waals surface area contributed by atoms with E-state index < -0.39 is 0 Å². The van der Waals surface area contributed by atoms with Crippen LogP contribution >= 0.6 is 11.6 Å². The minimum Gasteiger partial charge on any atom is -0.314 e. The molecule has 19 heavy (non-hydrogen) atoms. The number of rotatable bonds is 3. The van der Waals surface area contributed by atoms with Gasteiger partial charge in [-0.25, -0.2) is 4.79 Å². The molecule has 1 aromatic rings. The molecule has 1 aromatic carbocycles. The molecule has 1 unspecified atom stereocenters. The number of anilines is 1. The largest absolute Gasteiger partial charge is 0.322 e. The van der Waals surface area contributed by atoms with E-state index >= 15 is 0 Å². The zero-order chi connectivity index (χ0) is 13.8. The Balaban J connectivity index is 2.02. The highest BCUT2D eigenvalue weighted by Gasteiger charge is 2.33. The standard InChI is InChI=1S/C14H17ClN2O2/c1-2-3-12-8-13(18)9-17(12)14(19)16-11-6-4-10(15)5-7-11/h4-7,12H,2-3,8-9H2,1H3,(H,16,19). The van der Waals surface area contributed by atoms with Crippen LogP contribution in [0.3, 0.4) is 0 Å². The molecule has 2 amide bonds. The smallest absolute Gasteiger partial charge is 0.314 e. The van der Waals surface area contributed by atoms with E-state index in [2.05, 4.69) is 12.2 Å². The summed E-state index contributed by atoms with van der Waals surface area (Å²) in [5.41, 5.74) is 0.684. The molecule has 0 aromatic heterocycles. The van der Waals surface area contributed by atoms with Gasteiger partial charge >= 0.3 is 6.03 Å². The molecule has 1 fully saturated rings. The highest BCUT2D eigenvalue weighted by molar-refractivity contribution is 6.30. The lowest BCUT2D eigenvalue weighted by Crippen LogP contribution is -2.38. The molecular formula is C14H17ClN2O2. The highest BCUT2D eigenvalue weighted by atomic mass is 35.5. The van der Waals surface area contributed by atoms with Crippen LogP contribution in [0.2, 0.25) is 5.02 Å². The van der Waals surface area contributed by atoms with E-state index in [0.717, 1.165) is 12.8 Å². The van der Waals surface area contributed by atoms with Gasteiger partial charge in [0.2, 0.25) is 0 Å². The number of benzene rings is 1. The van der Waals surface area contributed by atoms with Crippen molar-refractivity contribution in [2.45, 2.75) is 32.2 Å². The molecule has 0 spiro atoms. The van der Waals surface area contributed by atoms with Gasteiger partial charge in [-0.05, 0) is 30.7 Å². The van der Waals surface area contributed by atoms with Gasteiger partial charge in [0.1, 0.15) is 0 Å². The van der Waals surface area contributed by atoms with Crippen LogP contribution in [0.25, 0.3) is 0 Å². The second-order valence-electron chi connectivity index (χ2n) is 4.75. The van der Waals surface area contributed by atoms with Crippen LogP contribution in [-0.4, -0.2) is 29.3 Å². The van der Waals surface area contributed by atoms with Crippen LogP contribution in [0, 0.1) is 0 Å². The number of urea groups is 1. The number of likely N-dealkylation sites (tertiary alicyclic amines) is 1. The second kappa shape index (κ2) is 6.06. The molecule has 1 N–H and O–H groups in total. The van der Waals surface area contributed by atoms with Crippen molar-refractivity contribution in [3.8, 4) is 0 Å². The Kier molecular flexibility index (Phi) is 4.43. The van der Waals surface area contributed by atoms with Crippen LogP contribution < -0.4 is 5.32 Å². The number of hydrogen-bond acceptors (Lipinski definition) is 2. The Bertz CT molecular complexity index is 473. The molecule has 0 aliphatic carbocycles. The summed E-state index contributed by atoms with van der Waals surface area (Å²) in [6.07, 6.45) is 2.30. The number of carbonyl (C=O) groups is 2. The Morgan fingerprint density at radius 2 is 2.11 bits per heavy atom. The molecule has 0 radical (unpaired) electrons. The van der Waals surface area contributed by atoms with Crippen molar-refractivity contribution in [3.05, 3.63) is 29.3 Å². The molecule has 0 bridgehead atoms. The van der Waals surface area contributed by atoms with Crippen LogP contribution in [0.4, 0.5) is 10.5 Å². The Morgan fingerprint density at radius 3 is 2.74 bits per heavy atom. The molecule has 4 nitrogen and oxygen atoms in total. The maximum atomic E-state index is 12.2. The average Bonchev–Trinajstić information content (AvgIpc) is 2.74. The summed E-state index contributed by atoms with van der Waals surface area (Å²) in [6, 6.07) is 6.74. The Hall–Kier alpha value is -1.55. The van der Waals surface area contributed by atoms with Crippen molar-refractivity contribution in [2.24, 2.45) is 0 Å². The summed E-state index contributed by atoms with van der Waals surface area (Å²) in [5.74, 6) is 0.129. The summed E-state index contributed by atoms with van der Waals surface area (Å²) in [6.45, 7) is 2.27. The van der Waals surface area contributed by atoms with E-state index in [1.807, 2.05) is 0 Å². The monoisotopic (exact) mass is 280 g/mol. The van der Waals surface area contributed by atoms with E-state index in [-0.39, 0.29) is 24.4 Å². The minimum atomic E-state index is -0.216. The lowest BCUT2D eigenvalue weighted by Gasteiger charge is -2.23. The average molecular weight is 281 g/mol. The summed E-state index contributed by atoms with van der Waals surface area (Å²) in [7, 11) is 0. The first-order valence-electron chi connectivity index (χ1n) is 6.45. The normalized spacial score (nSPS) is 18.7. The first kappa shape index (κ1) is 13.9. The van der Waals surface area contributed by atoms with E-state index in [4.69, 9.17) is 11.6 Å². The molecule has 1 saturated heterocycles. The summed E-state index contributed by atoms with van der Waals surface area (Å²) in [5, 5.41) is 3.42. The fraction of sp³-hybridized carbons (Fsp3) is 0.429. The van der Waals surface area contributed by atoms with Gasteiger partial charge in [-0.3, -0.25) is 4.79 Å². The van der Waals surface area contributed by atoms with Crippen molar-refractivity contribution >= 4 is 29.1 Å². The molecule has 1 atom stereocenters. The Morgan fingerprint density at radius 1 is 1.42 bits per heavy atom. The fourth-order valence-corrected chi connectivity index (χ4v) is 2.44.